The van der Waals surface area contributed by atoms with Crippen molar-refractivity contribution in [2.45, 2.75) is 84.6 Å². The number of carbonyl (C=O) groups is 6. The molecule has 560 valence electrons. The number of aliphatic hydroxyl groups is 4. The Bertz CT molecular complexity index is 3800. The molecule has 0 bridgehead atoms. The van der Waals surface area contributed by atoms with Crippen molar-refractivity contribution in [1.82, 2.24) is 4.90 Å². The number of para-hydroxylation sites is 2. The molecule has 2 amide bonds. The number of hydrogen-bond donors (Lipinski definition) is 5. The number of esters is 4. The molecule has 104 heavy (non-hydrogen) atoms. The predicted molar refractivity (Wildman–Crippen MR) is 404 cm³/mol. The van der Waals surface area contributed by atoms with Gasteiger partial charge >= 0.3 is 35.2 Å². The second kappa shape index (κ2) is 46.9. The molecule has 0 aliphatic carbocycles. The van der Waals surface area contributed by atoms with Gasteiger partial charge in [-0.15, -0.1) is 28.3 Å². The lowest BCUT2D eigenvalue weighted by molar-refractivity contribution is -0.159. The number of methoxy groups -OCH3 is 5. The standard InChI is InChI=1S/C22H26N2O4S.C16H15NO3S.C12H14O6S.C12H16O5.C7H7IO.C5H7O2.CH4O/c1-15(25)28-20-21(16-9-11-17(27-4)12-10-16)29-19-8-6-5-7-18(19)24(22(20)26)14-13-23(2)3;1-20-11-8-6-10(7-9-11)15-14(18)16(19)17-12-4-2-3-5-13(12)21-15;1-3-16-12(13)11-10(17-19(14)18-11)8-4-6-9(15-2)7-5-8;1-3-17-12(15)11(14)10(13)8-4-6-9(16-2)7-5-8;1-9-7-4-2-6(8)3-5-7;1-3-5(6)7-4-2;1-2/h5-12,20-21H,13-14H2,1-4H3;2-9,14-15,18H,1H3,(H,17,19);4-7,10-11H,3H2,1-2H3;4-7,10-11,13-14H,3H2,1-2H3;2-5H,1H3;1,3H,4H2,2H3;2H,1H3/q;;;;;+1;/t20-,21+;14-,15+;10-,11+,19?;10-,11-;;;/m1110.../s1. The van der Waals surface area contributed by atoms with Gasteiger partial charge in [0.2, 0.25) is 12.2 Å². The predicted octanol–water partition coefficient (Wildman–Crippen LogP) is 10.6. The van der Waals surface area contributed by atoms with Crippen molar-refractivity contribution in [2.75, 3.05) is 99.9 Å². The lowest BCUT2D eigenvalue weighted by Crippen LogP contribution is -2.45. The van der Waals surface area contributed by atoms with Crippen molar-refractivity contribution < 1.29 is 104 Å². The lowest BCUT2D eigenvalue weighted by atomic mass is 10.0. The first kappa shape index (κ1) is 87.7. The average Bonchev–Trinajstić information content (AvgIpc) is 1.64. The fourth-order valence-electron chi connectivity index (χ4n) is 9.31. The summed E-state index contributed by atoms with van der Waals surface area (Å²) in [4.78, 5) is 76.1. The van der Waals surface area contributed by atoms with E-state index in [1.54, 1.807) is 114 Å². The number of aliphatic hydroxyl groups excluding tert-OH is 4. The van der Waals surface area contributed by atoms with E-state index in [2.05, 4.69) is 37.4 Å². The van der Waals surface area contributed by atoms with E-state index < -0.39 is 71.9 Å². The van der Waals surface area contributed by atoms with Crippen LogP contribution in [0, 0.1) is 10.1 Å². The fourth-order valence-corrected chi connectivity index (χ4v) is 13.0. The van der Waals surface area contributed by atoms with Gasteiger partial charge in [-0.05, 0) is 177 Å². The Morgan fingerprint density at radius 2 is 1.09 bits per heavy atom. The maximum Gasteiger partial charge on any atom is 0.484 e. The van der Waals surface area contributed by atoms with Gasteiger partial charge in [0, 0.05) is 40.5 Å². The van der Waals surface area contributed by atoms with Crippen LogP contribution >= 0.6 is 46.1 Å². The minimum Gasteiger partial charge on any atom is -0.497 e. The number of anilines is 2. The van der Waals surface area contributed by atoms with Gasteiger partial charge < -0.3 is 78.2 Å². The molecule has 3 aliphatic rings. The Labute approximate surface area is 631 Å². The van der Waals surface area contributed by atoms with Crippen LogP contribution in [0.3, 0.4) is 0 Å². The summed E-state index contributed by atoms with van der Waals surface area (Å²) in [6, 6.07) is 51.6. The van der Waals surface area contributed by atoms with Crippen molar-refractivity contribution in [1.29, 1.82) is 0 Å². The summed E-state index contributed by atoms with van der Waals surface area (Å²) in [5.41, 5.74) is 4.47. The molecule has 3 aliphatic heterocycles. The summed E-state index contributed by atoms with van der Waals surface area (Å²) < 4.78 is 67.4. The van der Waals surface area contributed by atoms with Crippen LogP contribution in [-0.4, -0.2) is 179 Å². The summed E-state index contributed by atoms with van der Waals surface area (Å²) in [5, 5.41) is 38.7. The number of amides is 2. The summed E-state index contributed by atoms with van der Waals surface area (Å²) >= 11 is 3.33. The Kier molecular flexibility index (Phi) is 39.6. The Hall–Kier alpha value is -8.69. The Balaban J connectivity index is 0.000000276. The molecule has 29 heteroatoms. The first-order chi connectivity index (χ1) is 50.0. The number of likely N-dealkylation sites (N-methyl/N-ethyl adjacent to an activating group) is 1. The number of hydrogen-bond acceptors (Lipinski definition) is 25. The van der Waals surface area contributed by atoms with Crippen LogP contribution in [0.15, 0.2) is 186 Å². The quantitative estimate of drug-likeness (QED) is 0.0156. The normalized spacial score (nSPS) is 17.9. The number of halogens is 1. The summed E-state index contributed by atoms with van der Waals surface area (Å²) in [7, 11) is 12.9. The zero-order valence-corrected chi connectivity index (χ0v) is 64.2. The summed E-state index contributed by atoms with van der Waals surface area (Å²) in [6.07, 6.45) is -5.77. The third-order valence-electron chi connectivity index (χ3n) is 14.5. The molecular weight excluding hydrogens is 1520 g/mol. The molecule has 25 nitrogen and oxygen atoms in total. The molecule has 3 heterocycles. The van der Waals surface area contributed by atoms with Crippen molar-refractivity contribution in [3.05, 3.63) is 208 Å². The van der Waals surface area contributed by atoms with Crippen LogP contribution in [-0.2, 0) is 67.4 Å². The third kappa shape index (κ3) is 27.7. The zero-order chi connectivity index (χ0) is 76.8. The number of benzene rings is 7. The lowest BCUT2D eigenvalue weighted by Gasteiger charge is -2.28. The molecule has 7 aromatic carbocycles. The topological polar surface area (TPSA) is 320 Å². The molecule has 1 saturated heterocycles. The van der Waals surface area contributed by atoms with Crippen LogP contribution < -0.4 is 33.9 Å². The van der Waals surface area contributed by atoms with Crippen molar-refractivity contribution in [2.24, 2.45) is 0 Å². The molecule has 0 spiro atoms. The SMILES string of the molecule is CCOC(=O)[C@@H](O)[C@@H](O)c1ccc(OC)cc1.CCOC(=O)[C@H]1OS(=O)O[C@@H]1c1ccc(OC)cc1.CO.COc1ccc(I)cc1.COc1ccc([C@@H]2Sc3ccccc3N(CCN(C)C)C(=O)[C@@H]2OC(C)=O)cc1.COc1ccc([C@@H]2Sc3ccccc3NC(=O)[C@@H]2O)cc1.[CH+]=CC(=O)OCC. The molecule has 0 saturated carbocycles. The van der Waals surface area contributed by atoms with Crippen LogP contribution in [0.1, 0.15) is 72.7 Å². The smallest absolute Gasteiger partial charge is 0.484 e. The van der Waals surface area contributed by atoms with Crippen LogP contribution in [0.2, 0.25) is 0 Å². The largest absolute Gasteiger partial charge is 0.497 e. The molecule has 10 rings (SSSR count). The highest BCUT2D eigenvalue weighted by molar-refractivity contribution is 14.1. The first-order valence-corrected chi connectivity index (χ1v) is 35.9. The van der Waals surface area contributed by atoms with Crippen molar-refractivity contribution >= 4 is 105 Å². The van der Waals surface area contributed by atoms with Crippen molar-refractivity contribution in [3.8, 4) is 28.7 Å². The number of rotatable bonds is 20. The molecular formula is C75H89IN3O22S3+. The highest BCUT2D eigenvalue weighted by Crippen LogP contribution is 2.48. The summed E-state index contributed by atoms with van der Waals surface area (Å²) in [5.74, 6) is 0.743. The van der Waals surface area contributed by atoms with Crippen molar-refractivity contribution in [3.63, 3.8) is 0 Å². The zero-order valence-electron chi connectivity index (χ0n) is 59.6. The van der Waals surface area contributed by atoms with Gasteiger partial charge in [-0.25, -0.2) is 13.8 Å². The maximum atomic E-state index is 13.6. The second-order valence-electron chi connectivity index (χ2n) is 21.6. The first-order valence-electron chi connectivity index (χ1n) is 32.1. The average molecular weight is 1610 g/mol. The van der Waals surface area contributed by atoms with Crippen LogP contribution in [0.5, 0.6) is 28.7 Å². The third-order valence-corrected chi connectivity index (χ3v) is 18.7. The molecule has 1 unspecified atom stereocenters. The molecule has 7 aromatic rings. The Morgan fingerprint density at radius 1 is 0.635 bits per heavy atom. The van der Waals surface area contributed by atoms with E-state index >= 15 is 0 Å². The number of ether oxygens (including phenoxy) is 9. The number of fused-ring (bicyclic) bond motifs is 2. The Morgan fingerprint density at radius 3 is 1.56 bits per heavy atom. The van der Waals surface area contributed by atoms with Gasteiger partial charge in [0.1, 0.15) is 53.7 Å². The monoisotopic (exact) mass is 1610 g/mol. The number of carbonyl (C=O) groups excluding carboxylic acids is 6. The molecule has 1 fully saturated rings. The minimum atomic E-state index is -1.95. The van der Waals surface area contributed by atoms with E-state index in [4.69, 9.17) is 53.2 Å². The highest BCUT2D eigenvalue weighted by Gasteiger charge is 2.43. The van der Waals surface area contributed by atoms with Crippen LogP contribution in [0.4, 0.5) is 11.4 Å². The van der Waals surface area contributed by atoms with E-state index in [-0.39, 0.29) is 35.5 Å². The highest BCUT2D eigenvalue weighted by atomic mass is 127. The molecule has 5 N–H and O–H groups in total. The number of nitrogens with one attached hydrogen (secondary N) is 1. The molecule has 0 radical (unpaired) electrons. The molecule has 0 aromatic heterocycles. The van der Waals surface area contributed by atoms with E-state index in [1.807, 2.05) is 140 Å². The number of nitrogens with zero attached hydrogens (tertiary/aromatic N) is 2. The maximum absolute atomic E-state index is 13.6. The van der Waals surface area contributed by atoms with E-state index in [0.29, 0.717) is 42.3 Å². The molecule has 9 atom stereocenters. The van der Waals surface area contributed by atoms with Gasteiger partial charge in [0.05, 0.1) is 77.2 Å². The van der Waals surface area contributed by atoms with Gasteiger partial charge in [0.15, 0.2) is 12.2 Å². The van der Waals surface area contributed by atoms with E-state index in [9.17, 15) is 48.3 Å². The van der Waals surface area contributed by atoms with Crippen LogP contribution in [0.25, 0.3) is 0 Å². The van der Waals surface area contributed by atoms with Gasteiger partial charge in [-0.1, -0.05) is 72.8 Å². The van der Waals surface area contributed by atoms with Gasteiger partial charge in [0.25, 0.3) is 11.8 Å². The summed E-state index contributed by atoms with van der Waals surface area (Å²) in [6.45, 7) is 13.1. The second-order valence-corrected chi connectivity index (χ2v) is 26.0. The number of thioether (sulfide) groups is 2. The minimum absolute atomic E-state index is 0.158. The van der Waals surface area contributed by atoms with E-state index in [1.165, 1.54) is 29.4 Å². The van der Waals surface area contributed by atoms with Gasteiger partial charge in [-0.2, -0.15) is 4.21 Å². The van der Waals surface area contributed by atoms with E-state index in [0.717, 1.165) is 62.7 Å². The van der Waals surface area contributed by atoms with Gasteiger partial charge in [-0.3, -0.25) is 18.6 Å². The fraction of sp³-hybridized carbons (Fsp3) is 0.333.